The molecular formula is C24H23ClN2O3. The fraction of sp³-hybridized carbons (Fsp3) is 0.208. The Bertz CT molecular complexity index is 1020. The standard InChI is InChI=1S/C24H23ClN2O3/c1-16(19-5-4-14-26-15-19)27-23(29)24(2,3)30-21-12-8-18(9-13-21)22(28)17-6-10-20(25)11-7-17/h4-16H,1-3H3,(H,27,29). The van der Waals surface area contributed by atoms with Gasteiger partial charge in [0.15, 0.2) is 11.4 Å². The molecule has 0 saturated carbocycles. The van der Waals surface area contributed by atoms with Crippen LogP contribution in [0.5, 0.6) is 5.75 Å². The third-order valence-electron chi connectivity index (χ3n) is 4.67. The lowest BCUT2D eigenvalue weighted by atomic mass is 10.0. The molecule has 3 aromatic rings. The number of nitrogens with one attached hydrogen (secondary N) is 1. The minimum Gasteiger partial charge on any atom is -0.478 e. The number of carbonyl (C=O) groups excluding carboxylic acids is 2. The van der Waals surface area contributed by atoms with Crippen LogP contribution in [0.25, 0.3) is 0 Å². The molecule has 0 saturated heterocycles. The van der Waals surface area contributed by atoms with E-state index in [1.165, 1.54) is 0 Å². The van der Waals surface area contributed by atoms with Gasteiger partial charge < -0.3 is 10.1 Å². The van der Waals surface area contributed by atoms with Crippen LogP contribution in [0.1, 0.15) is 48.3 Å². The highest BCUT2D eigenvalue weighted by atomic mass is 35.5. The van der Waals surface area contributed by atoms with Crippen LogP contribution in [-0.2, 0) is 4.79 Å². The number of nitrogens with zero attached hydrogens (tertiary/aromatic N) is 1. The molecule has 1 aromatic heterocycles. The zero-order valence-corrected chi connectivity index (χ0v) is 17.8. The minimum absolute atomic E-state index is 0.111. The summed E-state index contributed by atoms with van der Waals surface area (Å²) in [5.74, 6) is 0.137. The molecule has 1 amide bonds. The van der Waals surface area contributed by atoms with Crippen LogP contribution in [0.3, 0.4) is 0 Å². The first-order valence-electron chi connectivity index (χ1n) is 9.56. The van der Waals surface area contributed by atoms with Crippen LogP contribution >= 0.6 is 11.6 Å². The summed E-state index contributed by atoms with van der Waals surface area (Å²) >= 11 is 5.87. The highest BCUT2D eigenvalue weighted by molar-refractivity contribution is 6.30. The van der Waals surface area contributed by atoms with E-state index in [0.29, 0.717) is 21.9 Å². The van der Waals surface area contributed by atoms with Gasteiger partial charge in [-0.2, -0.15) is 0 Å². The van der Waals surface area contributed by atoms with Gasteiger partial charge in [-0.05, 0) is 80.9 Å². The number of aromatic nitrogens is 1. The van der Waals surface area contributed by atoms with E-state index in [0.717, 1.165) is 5.56 Å². The molecule has 0 aliphatic heterocycles. The average Bonchev–Trinajstić information content (AvgIpc) is 2.74. The van der Waals surface area contributed by atoms with Crippen molar-refractivity contribution in [2.75, 3.05) is 0 Å². The molecule has 1 unspecified atom stereocenters. The molecule has 30 heavy (non-hydrogen) atoms. The summed E-state index contributed by atoms with van der Waals surface area (Å²) < 4.78 is 5.90. The molecule has 0 fully saturated rings. The topological polar surface area (TPSA) is 68.3 Å². The van der Waals surface area contributed by atoms with Gasteiger partial charge >= 0.3 is 0 Å². The number of amides is 1. The van der Waals surface area contributed by atoms with Crippen molar-refractivity contribution in [3.8, 4) is 5.75 Å². The fourth-order valence-corrected chi connectivity index (χ4v) is 3.00. The predicted molar refractivity (Wildman–Crippen MR) is 117 cm³/mol. The molecule has 0 aliphatic carbocycles. The second-order valence-corrected chi connectivity index (χ2v) is 7.89. The SMILES string of the molecule is CC(NC(=O)C(C)(C)Oc1ccc(C(=O)c2ccc(Cl)cc2)cc1)c1cccnc1. The minimum atomic E-state index is -1.10. The van der Waals surface area contributed by atoms with Gasteiger partial charge in [-0.3, -0.25) is 14.6 Å². The Hall–Kier alpha value is -3.18. The molecule has 0 radical (unpaired) electrons. The van der Waals surface area contributed by atoms with E-state index in [2.05, 4.69) is 10.3 Å². The Morgan fingerprint density at radius 3 is 2.17 bits per heavy atom. The zero-order chi connectivity index (χ0) is 21.7. The maximum atomic E-state index is 12.7. The molecule has 1 heterocycles. The van der Waals surface area contributed by atoms with Crippen molar-refractivity contribution in [1.82, 2.24) is 10.3 Å². The second-order valence-electron chi connectivity index (χ2n) is 7.45. The number of pyridine rings is 1. The van der Waals surface area contributed by atoms with Crippen LogP contribution < -0.4 is 10.1 Å². The van der Waals surface area contributed by atoms with Gasteiger partial charge in [0.1, 0.15) is 5.75 Å². The van der Waals surface area contributed by atoms with Crippen molar-refractivity contribution < 1.29 is 14.3 Å². The Morgan fingerprint density at radius 1 is 1.00 bits per heavy atom. The predicted octanol–water partition coefficient (Wildman–Crippen LogP) is 5.00. The first-order valence-corrected chi connectivity index (χ1v) is 9.94. The first-order chi connectivity index (χ1) is 14.3. The Morgan fingerprint density at radius 2 is 1.60 bits per heavy atom. The van der Waals surface area contributed by atoms with Crippen molar-refractivity contribution in [2.24, 2.45) is 0 Å². The molecule has 5 nitrogen and oxygen atoms in total. The van der Waals surface area contributed by atoms with Crippen LogP contribution in [-0.4, -0.2) is 22.3 Å². The maximum Gasteiger partial charge on any atom is 0.264 e. The van der Waals surface area contributed by atoms with Crippen LogP contribution in [0.15, 0.2) is 73.1 Å². The van der Waals surface area contributed by atoms with E-state index in [1.807, 2.05) is 19.1 Å². The highest BCUT2D eigenvalue weighted by Gasteiger charge is 2.31. The first kappa shape index (κ1) is 21.5. The lowest BCUT2D eigenvalue weighted by Gasteiger charge is -2.27. The third kappa shape index (κ3) is 5.24. The van der Waals surface area contributed by atoms with Gasteiger partial charge in [-0.15, -0.1) is 0 Å². The van der Waals surface area contributed by atoms with E-state index in [-0.39, 0.29) is 17.7 Å². The number of halogens is 1. The number of rotatable bonds is 7. The van der Waals surface area contributed by atoms with E-state index in [9.17, 15) is 9.59 Å². The van der Waals surface area contributed by atoms with Gasteiger partial charge in [0.05, 0.1) is 6.04 Å². The van der Waals surface area contributed by atoms with Crippen molar-refractivity contribution in [1.29, 1.82) is 0 Å². The molecule has 154 valence electrons. The molecule has 0 spiro atoms. The van der Waals surface area contributed by atoms with Gasteiger partial charge in [-0.25, -0.2) is 0 Å². The van der Waals surface area contributed by atoms with Crippen LogP contribution in [0.4, 0.5) is 0 Å². The van der Waals surface area contributed by atoms with Gasteiger partial charge in [0.25, 0.3) is 5.91 Å². The number of ether oxygens (including phenoxy) is 1. The van der Waals surface area contributed by atoms with E-state index < -0.39 is 5.60 Å². The van der Waals surface area contributed by atoms with Gasteiger partial charge in [0.2, 0.25) is 0 Å². The largest absolute Gasteiger partial charge is 0.478 e. The maximum absolute atomic E-state index is 12.7. The second kappa shape index (κ2) is 9.09. The Kier molecular flexibility index (Phi) is 6.53. The summed E-state index contributed by atoms with van der Waals surface area (Å²) in [5.41, 5.74) is 0.888. The third-order valence-corrected chi connectivity index (χ3v) is 4.93. The lowest BCUT2D eigenvalue weighted by Crippen LogP contribution is -2.47. The van der Waals surface area contributed by atoms with E-state index >= 15 is 0 Å². The quantitative estimate of drug-likeness (QED) is 0.544. The number of ketones is 1. The van der Waals surface area contributed by atoms with Crippen molar-refractivity contribution in [2.45, 2.75) is 32.4 Å². The lowest BCUT2D eigenvalue weighted by molar-refractivity contribution is -0.134. The van der Waals surface area contributed by atoms with Gasteiger partial charge in [0, 0.05) is 28.5 Å². The molecule has 0 aliphatic rings. The van der Waals surface area contributed by atoms with E-state index in [4.69, 9.17) is 16.3 Å². The number of hydrogen-bond donors (Lipinski definition) is 1. The van der Waals surface area contributed by atoms with Crippen LogP contribution in [0, 0.1) is 0 Å². The van der Waals surface area contributed by atoms with Crippen molar-refractivity contribution >= 4 is 23.3 Å². The number of carbonyl (C=O) groups is 2. The summed E-state index contributed by atoms with van der Waals surface area (Å²) in [5, 5.41) is 3.52. The number of hydrogen-bond acceptors (Lipinski definition) is 4. The normalized spacial score (nSPS) is 12.1. The van der Waals surface area contributed by atoms with Crippen molar-refractivity contribution in [3.63, 3.8) is 0 Å². The monoisotopic (exact) mass is 422 g/mol. The van der Waals surface area contributed by atoms with E-state index in [1.54, 1.807) is 74.8 Å². The summed E-state index contributed by atoms with van der Waals surface area (Å²) in [6.07, 6.45) is 3.40. The molecule has 2 aromatic carbocycles. The molecule has 1 N–H and O–H groups in total. The molecule has 3 rings (SSSR count). The molecule has 1 atom stereocenters. The average molecular weight is 423 g/mol. The summed E-state index contributed by atoms with van der Waals surface area (Å²) in [6, 6.07) is 17.0. The summed E-state index contributed by atoms with van der Waals surface area (Å²) in [7, 11) is 0. The Labute approximate surface area is 181 Å². The smallest absolute Gasteiger partial charge is 0.264 e. The number of benzene rings is 2. The zero-order valence-electron chi connectivity index (χ0n) is 17.1. The molecular weight excluding hydrogens is 400 g/mol. The summed E-state index contributed by atoms with van der Waals surface area (Å²) in [6.45, 7) is 5.29. The fourth-order valence-electron chi connectivity index (χ4n) is 2.87. The summed E-state index contributed by atoms with van der Waals surface area (Å²) in [4.78, 5) is 29.4. The van der Waals surface area contributed by atoms with Crippen LogP contribution in [0.2, 0.25) is 5.02 Å². The molecule has 0 bridgehead atoms. The Balaban J connectivity index is 1.65. The molecule has 6 heteroatoms. The van der Waals surface area contributed by atoms with Gasteiger partial charge in [-0.1, -0.05) is 17.7 Å². The van der Waals surface area contributed by atoms with Crippen molar-refractivity contribution in [3.05, 3.63) is 94.8 Å². The highest BCUT2D eigenvalue weighted by Crippen LogP contribution is 2.22.